The molecule has 0 unspecified atom stereocenters. The number of nitrogens with zero attached hydrogens (tertiary/aromatic N) is 3. The Kier molecular flexibility index (Phi) is 11.2. The van der Waals surface area contributed by atoms with Crippen molar-refractivity contribution in [2.45, 2.75) is 24.2 Å². The number of hydrogen-bond acceptors (Lipinski definition) is 4. The summed E-state index contributed by atoms with van der Waals surface area (Å²) in [6.07, 6.45) is 7.05. The van der Waals surface area contributed by atoms with Gasteiger partial charge in [-0.1, -0.05) is 11.8 Å². The Bertz CT molecular complexity index is 528. The third-order valence-corrected chi connectivity index (χ3v) is 4.93. The van der Waals surface area contributed by atoms with Crippen LogP contribution in [0.3, 0.4) is 0 Å². The quantitative estimate of drug-likeness (QED) is 0.196. The molecule has 5 nitrogen and oxygen atoms in total. The number of halogens is 1. The predicted molar refractivity (Wildman–Crippen MR) is 111 cm³/mol. The highest BCUT2D eigenvalue weighted by atomic mass is 127. The number of hydrogen-bond donors (Lipinski definition) is 2. The second kappa shape index (κ2) is 12.7. The first-order chi connectivity index (χ1) is 10.9. The number of nitrogens with one attached hydrogen (secondary N) is 2. The van der Waals surface area contributed by atoms with Gasteiger partial charge in [-0.05, 0) is 25.5 Å². The second-order valence-electron chi connectivity index (χ2n) is 4.61. The molecule has 23 heavy (non-hydrogen) atoms. The van der Waals surface area contributed by atoms with Crippen molar-refractivity contribution in [3.05, 3.63) is 36.1 Å². The van der Waals surface area contributed by atoms with Gasteiger partial charge in [0.2, 0.25) is 0 Å². The molecular formula is C15H24IN5S2. The number of guanidine groups is 1. The van der Waals surface area contributed by atoms with Crippen molar-refractivity contribution in [3.8, 4) is 0 Å². The lowest BCUT2D eigenvalue weighted by atomic mass is 10.5. The van der Waals surface area contributed by atoms with Crippen molar-refractivity contribution >= 4 is 53.0 Å². The molecule has 0 aliphatic carbocycles. The molecule has 0 fully saturated rings. The van der Waals surface area contributed by atoms with E-state index in [4.69, 9.17) is 0 Å². The van der Waals surface area contributed by atoms with Crippen molar-refractivity contribution in [1.82, 2.24) is 20.2 Å². The predicted octanol–water partition coefficient (Wildman–Crippen LogP) is 3.30. The monoisotopic (exact) mass is 465 g/mol. The Hall–Kier alpha value is -0.740. The summed E-state index contributed by atoms with van der Waals surface area (Å²) in [7, 11) is 0. The summed E-state index contributed by atoms with van der Waals surface area (Å²) < 4.78 is 3.29. The van der Waals surface area contributed by atoms with Gasteiger partial charge in [0.25, 0.3) is 0 Å². The third-order valence-electron chi connectivity index (χ3n) is 2.88. The van der Waals surface area contributed by atoms with E-state index in [0.29, 0.717) is 0 Å². The topological polar surface area (TPSA) is 54.2 Å². The van der Waals surface area contributed by atoms with Crippen LogP contribution in [0.1, 0.15) is 13.3 Å². The molecule has 0 aliphatic rings. The van der Waals surface area contributed by atoms with E-state index < -0.39 is 0 Å². The number of aromatic nitrogens is 2. The summed E-state index contributed by atoms with van der Waals surface area (Å²) in [5.41, 5.74) is 0. The van der Waals surface area contributed by atoms with Crippen LogP contribution in [0.25, 0.3) is 0 Å². The summed E-state index contributed by atoms with van der Waals surface area (Å²) in [6.45, 7) is 5.60. The summed E-state index contributed by atoms with van der Waals surface area (Å²) in [5, 5.41) is 8.66. The second-order valence-corrected chi connectivity index (χ2v) is 6.84. The normalized spacial score (nSPS) is 11.1. The molecule has 2 rings (SSSR count). The zero-order valence-electron chi connectivity index (χ0n) is 13.3. The smallest absolute Gasteiger partial charge is 0.191 e. The van der Waals surface area contributed by atoms with Crippen LogP contribution in [0.5, 0.6) is 0 Å². The molecule has 0 amide bonds. The lowest BCUT2D eigenvalue weighted by molar-refractivity contribution is 0.665. The molecule has 0 saturated heterocycles. The fourth-order valence-corrected chi connectivity index (χ4v) is 3.49. The van der Waals surface area contributed by atoms with E-state index in [1.54, 1.807) is 23.1 Å². The first-order valence-electron chi connectivity index (χ1n) is 7.53. The molecule has 0 aliphatic heterocycles. The fourth-order valence-electron chi connectivity index (χ4n) is 1.86. The summed E-state index contributed by atoms with van der Waals surface area (Å²) >= 11 is 3.50. The van der Waals surface area contributed by atoms with Crippen LogP contribution in [-0.2, 0) is 6.54 Å². The van der Waals surface area contributed by atoms with E-state index in [9.17, 15) is 0 Å². The zero-order chi connectivity index (χ0) is 15.5. The molecule has 0 aromatic carbocycles. The van der Waals surface area contributed by atoms with Gasteiger partial charge >= 0.3 is 0 Å². The van der Waals surface area contributed by atoms with E-state index in [1.165, 1.54) is 0 Å². The Morgan fingerprint density at radius 3 is 2.87 bits per heavy atom. The average Bonchev–Trinajstić information content (AvgIpc) is 3.20. The molecule has 128 valence electrons. The summed E-state index contributed by atoms with van der Waals surface area (Å²) in [6, 6.07) is 4.08. The Morgan fingerprint density at radius 2 is 2.17 bits per heavy atom. The minimum absolute atomic E-state index is 0. The van der Waals surface area contributed by atoms with E-state index in [0.717, 1.165) is 48.7 Å². The largest absolute Gasteiger partial charge is 0.357 e. The summed E-state index contributed by atoms with van der Waals surface area (Å²) in [4.78, 5) is 8.87. The van der Waals surface area contributed by atoms with Crippen molar-refractivity contribution in [3.63, 3.8) is 0 Å². The van der Waals surface area contributed by atoms with Gasteiger partial charge in [-0.3, -0.25) is 4.99 Å². The Balaban J connectivity index is 0.00000264. The summed E-state index contributed by atoms with van der Waals surface area (Å²) in [5.74, 6) is 1.95. The zero-order valence-corrected chi connectivity index (χ0v) is 17.2. The lowest BCUT2D eigenvalue weighted by Gasteiger charge is -2.11. The maximum Gasteiger partial charge on any atom is 0.191 e. The van der Waals surface area contributed by atoms with Crippen LogP contribution < -0.4 is 10.6 Å². The highest BCUT2D eigenvalue weighted by molar-refractivity contribution is 14.0. The third kappa shape index (κ3) is 8.61. The van der Waals surface area contributed by atoms with Crippen LogP contribution >= 0.6 is 47.1 Å². The van der Waals surface area contributed by atoms with Crippen LogP contribution in [-0.4, -0.2) is 40.9 Å². The molecule has 0 radical (unpaired) electrons. The average molecular weight is 465 g/mol. The van der Waals surface area contributed by atoms with Gasteiger partial charge in [0.15, 0.2) is 5.96 Å². The maximum absolute atomic E-state index is 4.61. The highest BCUT2D eigenvalue weighted by Crippen LogP contribution is 2.20. The number of thioether (sulfide) groups is 1. The molecule has 2 N–H and O–H groups in total. The first kappa shape index (κ1) is 20.3. The lowest BCUT2D eigenvalue weighted by Crippen LogP contribution is -2.38. The van der Waals surface area contributed by atoms with Crippen LogP contribution in [0.2, 0.25) is 0 Å². The standard InChI is InChI=1S/C15H23N5S2.HI/c1-2-16-14(18-7-11-20-9-3-4-10-20)17-6-5-12-21-15-19-8-13-22-15;/h3-4,8-10,13H,2,5-7,11-12H2,1H3,(H2,16,17,18);1H. The van der Waals surface area contributed by atoms with Gasteiger partial charge in [-0.15, -0.1) is 35.3 Å². The van der Waals surface area contributed by atoms with Crippen LogP contribution in [0.4, 0.5) is 0 Å². The van der Waals surface area contributed by atoms with Crippen LogP contribution in [0.15, 0.2) is 45.4 Å². The molecule has 0 spiro atoms. The van der Waals surface area contributed by atoms with Crippen molar-refractivity contribution in [1.29, 1.82) is 0 Å². The van der Waals surface area contributed by atoms with E-state index in [2.05, 4.69) is 44.5 Å². The Labute approximate surface area is 163 Å². The van der Waals surface area contributed by atoms with Gasteiger partial charge in [-0.25, -0.2) is 4.98 Å². The molecule has 2 aromatic rings. The SMILES string of the molecule is CCNC(=NCCCSc1nccs1)NCCn1cccc1.I. The van der Waals surface area contributed by atoms with Gasteiger partial charge < -0.3 is 15.2 Å². The highest BCUT2D eigenvalue weighted by Gasteiger charge is 1.98. The van der Waals surface area contributed by atoms with Gasteiger partial charge in [0.1, 0.15) is 4.34 Å². The minimum Gasteiger partial charge on any atom is -0.357 e. The maximum atomic E-state index is 4.61. The van der Waals surface area contributed by atoms with Crippen molar-refractivity contribution in [2.75, 3.05) is 25.4 Å². The molecular weight excluding hydrogens is 441 g/mol. The number of rotatable bonds is 9. The number of thiazole rings is 1. The molecule has 0 atom stereocenters. The van der Waals surface area contributed by atoms with Gasteiger partial charge in [0, 0.05) is 55.9 Å². The van der Waals surface area contributed by atoms with E-state index >= 15 is 0 Å². The Morgan fingerprint density at radius 1 is 1.35 bits per heavy atom. The first-order valence-corrected chi connectivity index (χ1v) is 9.40. The fraction of sp³-hybridized carbons (Fsp3) is 0.467. The van der Waals surface area contributed by atoms with Crippen molar-refractivity contribution < 1.29 is 0 Å². The molecule has 2 heterocycles. The molecule has 2 aromatic heterocycles. The molecule has 0 bridgehead atoms. The minimum atomic E-state index is 0. The van der Waals surface area contributed by atoms with E-state index in [1.807, 2.05) is 23.7 Å². The van der Waals surface area contributed by atoms with Gasteiger partial charge in [0.05, 0.1) is 0 Å². The van der Waals surface area contributed by atoms with Crippen molar-refractivity contribution in [2.24, 2.45) is 4.99 Å². The van der Waals surface area contributed by atoms with Crippen LogP contribution in [0, 0.1) is 0 Å². The molecule has 8 heteroatoms. The van der Waals surface area contributed by atoms with E-state index in [-0.39, 0.29) is 24.0 Å². The van der Waals surface area contributed by atoms with Gasteiger partial charge in [-0.2, -0.15) is 0 Å². The number of aliphatic imine (C=N–C) groups is 1. The molecule has 0 saturated carbocycles.